The molecule has 0 radical (unpaired) electrons. The van der Waals surface area contributed by atoms with Gasteiger partial charge >= 0.3 is 0 Å². The minimum atomic E-state index is -0.207. The lowest BCUT2D eigenvalue weighted by atomic mass is 10.1. The molecule has 0 fully saturated rings. The van der Waals surface area contributed by atoms with Gasteiger partial charge in [0.2, 0.25) is 0 Å². The molecule has 0 atom stereocenters. The van der Waals surface area contributed by atoms with Crippen LogP contribution in [0, 0.1) is 6.92 Å². The highest BCUT2D eigenvalue weighted by atomic mass is 16.1. The van der Waals surface area contributed by atoms with Crippen molar-refractivity contribution in [2.45, 2.75) is 26.8 Å². The summed E-state index contributed by atoms with van der Waals surface area (Å²) < 4.78 is 1.94. The van der Waals surface area contributed by atoms with Crippen molar-refractivity contribution in [3.05, 3.63) is 60.0 Å². The summed E-state index contributed by atoms with van der Waals surface area (Å²) in [6, 6.07) is 11.7. The van der Waals surface area contributed by atoms with Crippen LogP contribution in [-0.4, -0.2) is 30.6 Å². The summed E-state index contributed by atoms with van der Waals surface area (Å²) in [5.41, 5.74) is 3.28. The van der Waals surface area contributed by atoms with Gasteiger partial charge in [0, 0.05) is 23.1 Å². The standard InChI is InChI=1S/C20H20N6O/c1-12(2)26-11-22-25-19(26)17-5-4-6-18(23-17)24-20(27)15-10-21-16-8-7-13(3)9-14(15)16/h4-12,21H,1-3H3,(H,23,24,27). The van der Waals surface area contributed by atoms with Crippen LogP contribution in [0.5, 0.6) is 0 Å². The fourth-order valence-corrected chi connectivity index (χ4v) is 3.04. The summed E-state index contributed by atoms with van der Waals surface area (Å²) in [6.07, 6.45) is 3.40. The maximum atomic E-state index is 12.8. The van der Waals surface area contributed by atoms with E-state index < -0.39 is 0 Å². The number of fused-ring (bicyclic) bond motifs is 1. The second kappa shape index (κ2) is 6.68. The molecule has 7 heteroatoms. The molecule has 3 aromatic heterocycles. The Bertz CT molecular complexity index is 1120. The van der Waals surface area contributed by atoms with Gasteiger partial charge in [0.1, 0.15) is 17.8 Å². The summed E-state index contributed by atoms with van der Waals surface area (Å²) in [7, 11) is 0. The smallest absolute Gasteiger partial charge is 0.258 e. The van der Waals surface area contributed by atoms with Crippen molar-refractivity contribution in [2.24, 2.45) is 0 Å². The number of aromatic amines is 1. The van der Waals surface area contributed by atoms with E-state index in [0.29, 0.717) is 22.9 Å². The van der Waals surface area contributed by atoms with E-state index in [0.717, 1.165) is 16.5 Å². The van der Waals surface area contributed by atoms with Crippen LogP contribution in [0.3, 0.4) is 0 Å². The number of anilines is 1. The van der Waals surface area contributed by atoms with Crippen LogP contribution in [0.4, 0.5) is 5.82 Å². The normalized spacial score (nSPS) is 11.3. The first-order chi connectivity index (χ1) is 13.0. The van der Waals surface area contributed by atoms with Crippen LogP contribution < -0.4 is 5.32 Å². The Balaban J connectivity index is 1.64. The van der Waals surface area contributed by atoms with Crippen LogP contribution in [-0.2, 0) is 0 Å². The molecular formula is C20H20N6O. The number of nitrogens with one attached hydrogen (secondary N) is 2. The number of benzene rings is 1. The lowest BCUT2D eigenvalue weighted by Gasteiger charge is -2.10. The van der Waals surface area contributed by atoms with Crippen molar-refractivity contribution >= 4 is 22.6 Å². The van der Waals surface area contributed by atoms with Crippen LogP contribution >= 0.6 is 0 Å². The van der Waals surface area contributed by atoms with Crippen molar-refractivity contribution in [3.8, 4) is 11.5 Å². The number of carbonyl (C=O) groups is 1. The largest absolute Gasteiger partial charge is 0.360 e. The topological polar surface area (TPSA) is 88.5 Å². The average molecular weight is 360 g/mol. The number of carbonyl (C=O) groups excluding carboxylic acids is 1. The number of hydrogen-bond acceptors (Lipinski definition) is 4. The highest BCUT2D eigenvalue weighted by molar-refractivity contribution is 6.12. The Kier molecular flexibility index (Phi) is 4.19. The molecule has 1 amide bonds. The van der Waals surface area contributed by atoms with E-state index in [-0.39, 0.29) is 11.9 Å². The molecule has 2 N–H and O–H groups in total. The molecule has 0 aliphatic carbocycles. The van der Waals surface area contributed by atoms with Crippen LogP contribution in [0.15, 0.2) is 48.9 Å². The zero-order valence-electron chi connectivity index (χ0n) is 15.4. The van der Waals surface area contributed by atoms with E-state index in [9.17, 15) is 4.79 Å². The third-order valence-electron chi connectivity index (χ3n) is 4.43. The lowest BCUT2D eigenvalue weighted by Crippen LogP contribution is -2.13. The molecule has 0 unspecified atom stereocenters. The van der Waals surface area contributed by atoms with Gasteiger partial charge in [-0.05, 0) is 45.0 Å². The van der Waals surface area contributed by atoms with Gasteiger partial charge in [0.25, 0.3) is 5.91 Å². The van der Waals surface area contributed by atoms with E-state index >= 15 is 0 Å². The van der Waals surface area contributed by atoms with E-state index in [4.69, 9.17) is 0 Å². The predicted octanol–water partition coefficient (Wildman–Crippen LogP) is 3.96. The number of aryl methyl sites for hydroxylation is 1. The molecule has 1 aromatic carbocycles. The summed E-state index contributed by atoms with van der Waals surface area (Å²) in [5.74, 6) is 0.934. The number of H-pyrrole nitrogens is 1. The fourth-order valence-electron chi connectivity index (χ4n) is 3.04. The van der Waals surface area contributed by atoms with Gasteiger partial charge in [-0.2, -0.15) is 0 Å². The number of rotatable bonds is 4. The molecule has 0 saturated heterocycles. The summed E-state index contributed by atoms with van der Waals surface area (Å²) in [5, 5.41) is 11.9. The minimum Gasteiger partial charge on any atom is -0.360 e. The Morgan fingerprint density at radius 1 is 1.22 bits per heavy atom. The molecule has 3 heterocycles. The first-order valence-corrected chi connectivity index (χ1v) is 8.79. The van der Waals surface area contributed by atoms with Crippen molar-refractivity contribution in [1.82, 2.24) is 24.7 Å². The Morgan fingerprint density at radius 3 is 2.89 bits per heavy atom. The Morgan fingerprint density at radius 2 is 2.07 bits per heavy atom. The Hall–Kier alpha value is -3.48. The molecule has 4 rings (SSSR count). The third kappa shape index (κ3) is 3.19. The first-order valence-electron chi connectivity index (χ1n) is 8.79. The number of nitrogens with zero attached hydrogens (tertiary/aromatic N) is 4. The summed E-state index contributed by atoms with van der Waals surface area (Å²) in [6.45, 7) is 6.11. The van der Waals surface area contributed by atoms with Crippen molar-refractivity contribution in [3.63, 3.8) is 0 Å². The minimum absolute atomic E-state index is 0.207. The Labute approximate surface area is 156 Å². The van der Waals surface area contributed by atoms with E-state index in [1.807, 2.05) is 41.8 Å². The second-order valence-electron chi connectivity index (χ2n) is 6.77. The van der Waals surface area contributed by atoms with E-state index in [1.54, 1.807) is 18.6 Å². The van der Waals surface area contributed by atoms with Crippen LogP contribution in [0.1, 0.15) is 35.8 Å². The number of aromatic nitrogens is 5. The van der Waals surface area contributed by atoms with Crippen molar-refractivity contribution in [1.29, 1.82) is 0 Å². The van der Waals surface area contributed by atoms with Gasteiger partial charge in [-0.25, -0.2) is 4.98 Å². The SMILES string of the molecule is Cc1ccc2[nH]cc(C(=O)Nc3cccc(-c4nncn4C(C)C)n3)c2c1. The third-order valence-corrected chi connectivity index (χ3v) is 4.43. The highest BCUT2D eigenvalue weighted by Crippen LogP contribution is 2.22. The second-order valence-corrected chi connectivity index (χ2v) is 6.77. The van der Waals surface area contributed by atoms with Gasteiger partial charge in [-0.3, -0.25) is 4.79 Å². The van der Waals surface area contributed by atoms with Crippen molar-refractivity contribution in [2.75, 3.05) is 5.32 Å². The number of amides is 1. The highest BCUT2D eigenvalue weighted by Gasteiger charge is 2.15. The van der Waals surface area contributed by atoms with E-state index in [1.165, 1.54) is 0 Å². The van der Waals surface area contributed by atoms with Crippen LogP contribution in [0.2, 0.25) is 0 Å². The number of hydrogen-bond donors (Lipinski definition) is 2. The average Bonchev–Trinajstić information content (AvgIpc) is 3.28. The van der Waals surface area contributed by atoms with E-state index in [2.05, 4.69) is 39.3 Å². The fraction of sp³-hybridized carbons (Fsp3) is 0.200. The first kappa shape index (κ1) is 17.0. The van der Waals surface area contributed by atoms with Crippen LogP contribution in [0.25, 0.3) is 22.4 Å². The van der Waals surface area contributed by atoms with Gasteiger partial charge in [-0.15, -0.1) is 10.2 Å². The lowest BCUT2D eigenvalue weighted by molar-refractivity contribution is 0.102. The quantitative estimate of drug-likeness (QED) is 0.576. The molecule has 0 aliphatic rings. The molecule has 0 saturated carbocycles. The number of pyridine rings is 1. The molecule has 7 nitrogen and oxygen atoms in total. The zero-order valence-corrected chi connectivity index (χ0v) is 15.4. The van der Waals surface area contributed by atoms with Gasteiger partial charge in [0.05, 0.1) is 5.56 Å². The van der Waals surface area contributed by atoms with Gasteiger partial charge < -0.3 is 14.9 Å². The van der Waals surface area contributed by atoms with Gasteiger partial charge in [-0.1, -0.05) is 17.7 Å². The maximum Gasteiger partial charge on any atom is 0.258 e. The molecule has 136 valence electrons. The maximum absolute atomic E-state index is 12.8. The monoisotopic (exact) mass is 360 g/mol. The predicted molar refractivity (Wildman–Crippen MR) is 105 cm³/mol. The van der Waals surface area contributed by atoms with Crippen molar-refractivity contribution < 1.29 is 4.79 Å². The molecule has 0 bridgehead atoms. The zero-order chi connectivity index (χ0) is 19.0. The summed E-state index contributed by atoms with van der Waals surface area (Å²) in [4.78, 5) is 20.4. The van der Waals surface area contributed by atoms with Gasteiger partial charge in [0.15, 0.2) is 5.82 Å². The molecule has 0 aliphatic heterocycles. The molecule has 27 heavy (non-hydrogen) atoms. The molecule has 0 spiro atoms. The summed E-state index contributed by atoms with van der Waals surface area (Å²) >= 11 is 0. The molecular weight excluding hydrogens is 340 g/mol. The molecule has 4 aromatic rings.